The Kier molecular flexibility index (Phi) is 4.59. The van der Waals surface area contributed by atoms with Gasteiger partial charge in [-0.3, -0.25) is 9.58 Å². The number of aromatic nitrogens is 2. The minimum absolute atomic E-state index is 0.476. The Balaban J connectivity index is 2.07. The normalized spacial score (nSPS) is 21.9. The Hall–Kier alpha value is -0.390. The molecular weight excluding hydrogens is 282 g/mol. The highest BCUT2D eigenvalue weighted by Crippen LogP contribution is 2.15. The molecule has 1 aliphatic heterocycles. The van der Waals surface area contributed by atoms with E-state index in [1.807, 2.05) is 0 Å². The minimum Gasteiger partial charge on any atom is -0.378 e. The third-order valence-electron chi connectivity index (χ3n) is 3.18. The lowest BCUT2D eigenvalue weighted by atomic mass is 10.2. The summed E-state index contributed by atoms with van der Waals surface area (Å²) in [6, 6.07) is 2.66. The minimum atomic E-state index is 0.476. The van der Waals surface area contributed by atoms with E-state index < -0.39 is 0 Å². The van der Waals surface area contributed by atoms with Gasteiger partial charge in [-0.05, 0) is 19.9 Å². The van der Waals surface area contributed by atoms with Crippen LogP contribution in [0.15, 0.2) is 6.07 Å². The van der Waals surface area contributed by atoms with Crippen molar-refractivity contribution in [3.05, 3.63) is 17.5 Å². The molecule has 1 aliphatic rings. The first-order valence-electron chi connectivity index (χ1n) is 6.15. The molecule has 0 radical (unpaired) electrons. The highest BCUT2D eigenvalue weighted by molar-refractivity contribution is 9.09. The number of hydrogen-bond acceptors (Lipinski definition) is 3. The number of halogens is 1. The molecule has 96 valence electrons. The molecule has 0 spiro atoms. The van der Waals surface area contributed by atoms with Gasteiger partial charge in [0.1, 0.15) is 0 Å². The van der Waals surface area contributed by atoms with Crippen LogP contribution in [0.3, 0.4) is 0 Å². The number of alkyl halides is 1. The van der Waals surface area contributed by atoms with E-state index >= 15 is 0 Å². The van der Waals surface area contributed by atoms with E-state index in [1.54, 1.807) is 0 Å². The molecule has 0 aromatic carbocycles. The largest absolute Gasteiger partial charge is 0.378 e. The first-order chi connectivity index (χ1) is 8.24. The number of rotatable bonds is 4. The molecule has 4 nitrogen and oxygen atoms in total. The average Bonchev–Trinajstić information content (AvgIpc) is 2.70. The van der Waals surface area contributed by atoms with Crippen molar-refractivity contribution in [2.24, 2.45) is 0 Å². The number of aryl methyl sites for hydroxylation is 2. The molecule has 17 heavy (non-hydrogen) atoms. The van der Waals surface area contributed by atoms with Gasteiger partial charge in [-0.15, -0.1) is 0 Å². The van der Waals surface area contributed by atoms with Crippen LogP contribution >= 0.6 is 15.9 Å². The molecule has 1 fully saturated rings. The molecule has 1 aromatic heterocycles. The van der Waals surface area contributed by atoms with E-state index in [1.165, 1.54) is 5.69 Å². The zero-order chi connectivity index (χ0) is 12.3. The summed E-state index contributed by atoms with van der Waals surface area (Å²) in [5.41, 5.74) is 2.41. The van der Waals surface area contributed by atoms with Gasteiger partial charge in [-0.1, -0.05) is 15.9 Å². The maximum Gasteiger partial charge on any atom is 0.0630 e. The second-order valence-electron chi connectivity index (χ2n) is 4.45. The molecule has 0 saturated carbocycles. The molecule has 5 heteroatoms. The highest BCUT2D eigenvalue weighted by Gasteiger charge is 2.23. The Morgan fingerprint density at radius 2 is 2.41 bits per heavy atom. The topological polar surface area (TPSA) is 30.3 Å². The van der Waals surface area contributed by atoms with E-state index in [0.717, 1.165) is 43.9 Å². The van der Waals surface area contributed by atoms with Crippen LogP contribution in [0.1, 0.15) is 18.3 Å². The molecule has 1 atom stereocenters. The van der Waals surface area contributed by atoms with E-state index in [4.69, 9.17) is 4.74 Å². The van der Waals surface area contributed by atoms with Crippen LogP contribution in [0.25, 0.3) is 0 Å². The quantitative estimate of drug-likeness (QED) is 0.795. The molecular formula is C12H20BrN3O. The summed E-state index contributed by atoms with van der Waals surface area (Å²) in [4.78, 5) is 2.47. The van der Waals surface area contributed by atoms with Crippen molar-refractivity contribution < 1.29 is 4.74 Å². The van der Waals surface area contributed by atoms with E-state index in [9.17, 15) is 0 Å². The zero-order valence-corrected chi connectivity index (χ0v) is 12.1. The molecule has 0 N–H and O–H groups in total. The Bertz CT molecular complexity index is 367. The fourth-order valence-electron chi connectivity index (χ4n) is 2.25. The van der Waals surface area contributed by atoms with Crippen LogP contribution in [0.4, 0.5) is 0 Å². The number of nitrogens with zero attached hydrogens (tertiary/aromatic N) is 3. The number of hydrogen-bond donors (Lipinski definition) is 0. The van der Waals surface area contributed by atoms with E-state index in [2.05, 4.69) is 50.5 Å². The molecule has 2 heterocycles. The molecule has 1 saturated heterocycles. The lowest BCUT2D eigenvalue weighted by Gasteiger charge is -2.34. The van der Waals surface area contributed by atoms with E-state index in [0.29, 0.717) is 6.04 Å². The molecule has 1 unspecified atom stereocenters. The van der Waals surface area contributed by atoms with Gasteiger partial charge < -0.3 is 4.74 Å². The summed E-state index contributed by atoms with van der Waals surface area (Å²) < 4.78 is 7.60. The van der Waals surface area contributed by atoms with Crippen LogP contribution in [-0.2, 0) is 17.8 Å². The van der Waals surface area contributed by atoms with Gasteiger partial charge in [0.25, 0.3) is 0 Å². The molecule has 2 rings (SSSR count). The van der Waals surface area contributed by atoms with Crippen molar-refractivity contribution >= 4 is 15.9 Å². The first-order valence-corrected chi connectivity index (χ1v) is 7.27. The Morgan fingerprint density at radius 3 is 3.12 bits per heavy atom. The molecule has 0 amide bonds. The van der Waals surface area contributed by atoms with Crippen molar-refractivity contribution in [1.29, 1.82) is 0 Å². The third kappa shape index (κ3) is 3.09. The number of morpholine rings is 1. The van der Waals surface area contributed by atoms with Crippen LogP contribution in [0.2, 0.25) is 0 Å². The predicted molar refractivity (Wildman–Crippen MR) is 71.4 cm³/mol. The summed E-state index contributed by atoms with van der Waals surface area (Å²) in [7, 11) is 0. The average molecular weight is 302 g/mol. The zero-order valence-electron chi connectivity index (χ0n) is 10.5. The maximum absolute atomic E-state index is 5.51. The van der Waals surface area contributed by atoms with Crippen LogP contribution in [0.5, 0.6) is 0 Å². The maximum atomic E-state index is 5.51. The summed E-state index contributed by atoms with van der Waals surface area (Å²) in [5.74, 6) is 0. The SMILES string of the molecule is CCn1nc(C)cc1CN1CCOCC1CBr. The molecule has 1 aromatic rings. The van der Waals surface area contributed by atoms with Gasteiger partial charge in [0, 0.05) is 31.0 Å². The summed E-state index contributed by atoms with van der Waals surface area (Å²) in [6.07, 6.45) is 0. The van der Waals surface area contributed by atoms with Crippen molar-refractivity contribution in [1.82, 2.24) is 14.7 Å². The second-order valence-corrected chi connectivity index (χ2v) is 5.09. The first kappa shape index (κ1) is 13.1. The lowest BCUT2D eigenvalue weighted by Crippen LogP contribution is -2.46. The summed E-state index contributed by atoms with van der Waals surface area (Å²) in [5, 5.41) is 5.46. The van der Waals surface area contributed by atoms with Crippen molar-refractivity contribution in [2.45, 2.75) is 33.0 Å². The van der Waals surface area contributed by atoms with Crippen LogP contribution in [-0.4, -0.2) is 45.8 Å². The monoisotopic (exact) mass is 301 g/mol. The predicted octanol–water partition coefficient (Wildman–Crippen LogP) is 1.81. The van der Waals surface area contributed by atoms with Gasteiger partial charge in [-0.2, -0.15) is 5.10 Å². The van der Waals surface area contributed by atoms with Crippen LogP contribution in [0, 0.1) is 6.92 Å². The van der Waals surface area contributed by atoms with Gasteiger partial charge in [0.15, 0.2) is 0 Å². The fourth-order valence-corrected chi connectivity index (χ4v) is 2.84. The molecule has 0 bridgehead atoms. The Morgan fingerprint density at radius 1 is 1.59 bits per heavy atom. The van der Waals surface area contributed by atoms with E-state index in [-0.39, 0.29) is 0 Å². The van der Waals surface area contributed by atoms with Gasteiger partial charge in [0.05, 0.1) is 24.6 Å². The Labute approximate surface area is 111 Å². The standard InChI is InChI=1S/C12H20BrN3O/c1-3-16-11(6-10(2)14-16)8-15-4-5-17-9-12(15)7-13/h6,12H,3-5,7-9H2,1-2H3. The number of ether oxygens (including phenoxy) is 1. The van der Waals surface area contributed by atoms with Gasteiger partial charge in [0.2, 0.25) is 0 Å². The smallest absolute Gasteiger partial charge is 0.0630 e. The fraction of sp³-hybridized carbons (Fsp3) is 0.750. The van der Waals surface area contributed by atoms with Crippen LogP contribution < -0.4 is 0 Å². The van der Waals surface area contributed by atoms with Crippen molar-refractivity contribution in [2.75, 3.05) is 25.1 Å². The van der Waals surface area contributed by atoms with Gasteiger partial charge in [-0.25, -0.2) is 0 Å². The van der Waals surface area contributed by atoms with Crippen molar-refractivity contribution in [3.63, 3.8) is 0 Å². The molecule has 0 aliphatic carbocycles. The van der Waals surface area contributed by atoms with Crippen molar-refractivity contribution in [3.8, 4) is 0 Å². The third-order valence-corrected chi connectivity index (χ3v) is 3.93. The second kappa shape index (κ2) is 5.98. The lowest BCUT2D eigenvalue weighted by molar-refractivity contribution is -0.00323. The summed E-state index contributed by atoms with van der Waals surface area (Å²) >= 11 is 3.56. The van der Waals surface area contributed by atoms with Gasteiger partial charge >= 0.3 is 0 Å². The highest BCUT2D eigenvalue weighted by atomic mass is 79.9. The summed E-state index contributed by atoms with van der Waals surface area (Å²) in [6.45, 7) is 8.76.